The Kier molecular flexibility index (Phi) is 4.86. The Hall–Kier alpha value is -2.10. The van der Waals surface area contributed by atoms with Crippen molar-refractivity contribution >= 4 is 10.9 Å². The van der Waals surface area contributed by atoms with Gasteiger partial charge in [-0.1, -0.05) is 48.5 Å². The summed E-state index contributed by atoms with van der Waals surface area (Å²) in [5, 5.41) is 1.38. The molecule has 0 atom stereocenters. The standard InChI is InChI=1S/C22H27N3/c1-19-17-25(22-10-6-5-9-21(19)22)18-24-15-13-23(14-16-24)12-11-20-7-3-2-4-8-20/h2-10,17H,11-16,18H2,1H3. The topological polar surface area (TPSA) is 11.4 Å². The lowest BCUT2D eigenvalue weighted by Gasteiger charge is -2.35. The number of aromatic nitrogens is 1. The normalized spacial score (nSPS) is 16.5. The molecule has 0 unspecified atom stereocenters. The fourth-order valence-electron chi connectivity index (χ4n) is 3.85. The second-order valence-electron chi connectivity index (χ2n) is 7.14. The maximum atomic E-state index is 2.60. The molecule has 3 heteroatoms. The SMILES string of the molecule is Cc1cn(CN2CCN(CCc3ccccc3)CC2)c2ccccc12. The van der Waals surface area contributed by atoms with Gasteiger partial charge in [-0.15, -0.1) is 0 Å². The summed E-state index contributed by atoms with van der Waals surface area (Å²) in [4.78, 5) is 5.17. The van der Waals surface area contributed by atoms with Crippen LogP contribution in [0.2, 0.25) is 0 Å². The van der Waals surface area contributed by atoms with Crippen molar-refractivity contribution in [3.05, 3.63) is 71.9 Å². The van der Waals surface area contributed by atoms with Crippen molar-refractivity contribution in [1.82, 2.24) is 14.4 Å². The third-order valence-electron chi connectivity index (χ3n) is 5.36. The van der Waals surface area contributed by atoms with Gasteiger partial charge in [-0.25, -0.2) is 0 Å². The lowest BCUT2D eigenvalue weighted by Crippen LogP contribution is -2.47. The molecule has 0 amide bonds. The van der Waals surface area contributed by atoms with Gasteiger partial charge in [-0.2, -0.15) is 0 Å². The van der Waals surface area contributed by atoms with Gasteiger partial charge in [-0.3, -0.25) is 4.90 Å². The molecule has 0 spiro atoms. The number of nitrogens with zero attached hydrogens (tertiary/aromatic N) is 3. The van der Waals surface area contributed by atoms with Gasteiger partial charge in [0.2, 0.25) is 0 Å². The van der Waals surface area contributed by atoms with E-state index >= 15 is 0 Å². The zero-order chi connectivity index (χ0) is 17.1. The Morgan fingerprint density at radius 1 is 0.800 bits per heavy atom. The molecule has 3 nitrogen and oxygen atoms in total. The maximum Gasteiger partial charge on any atom is 0.0752 e. The Morgan fingerprint density at radius 3 is 2.28 bits per heavy atom. The van der Waals surface area contributed by atoms with Gasteiger partial charge in [0, 0.05) is 49.8 Å². The first-order chi connectivity index (χ1) is 12.3. The van der Waals surface area contributed by atoms with Gasteiger partial charge in [0.15, 0.2) is 0 Å². The molecule has 0 bridgehead atoms. The van der Waals surface area contributed by atoms with Crippen LogP contribution in [-0.2, 0) is 13.1 Å². The number of aryl methyl sites for hydroxylation is 1. The van der Waals surface area contributed by atoms with Gasteiger partial charge in [0.05, 0.1) is 6.67 Å². The van der Waals surface area contributed by atoms with E-state index in [1.807, 2.05) is 0 Å². The zero-order valence-electron chi connectivity index (χ0n) is 15.1. The quantitative estimate of drug-likeness (QED) is 0.704. The number of piperazine rings is 1. The summed E-state index contributed by atoms with van der Waals surface area (Å²) in [7, 11) is 0. The molecule has 3 aromatic rings. The van der Waals surface area contributed by atoms with E-state index in [0.29, 0.717) is 0 Å². The van der Waals surface area contributed by atoms with Crippen LogP contribution >= 0.6 is 0 Å². The van der Waals surface area contributed by atoms with E-state index in [0.717, 1.165) is 26.2 Å². The van der Waals surface area contributed by atoms with Crippen LogP contribution in [0.4, 0.5) is 0 Å². The Bertz CT molecular complexity index is 814. The zero-order valence-corrected chi connectivity index (χ0v) is 15.1. The first-order valence-corrected chi connectivity index (χ1v) is 9.33. The fraction of sp³-hybridized carbons (Fsp3) is 0.364. The number of hydrogen-bond acceptors (Lipinski definition) is 2. The molecule has 2 heterocycles. The van der Waals surface area contributed by atoms with E-state index in [1.165, 1.54) is 41.7 Å². The Labute approximate surface area is 150 Å². The van der Waals surface area contributed by atoms with Crippen molar-refractivity contribution in [2.75, 3.05) is 32.7 Å². The molecule has 0 aliphatic carbocycles. The lowest BCUT2D eigenvalue weighted by molar-refractivity contribution is 0.110. The van der Waals surface area contributed by atoms with Crippen molar-refractivity contribution in [3.8, 4) is 0 Å². The number of benzene rings is 2. The van der Waals surface area contributed by atoms with Crippen LogP contribution in [0.1, 0.15) is 11.1 Å². The molecule has 1 saturated heterocycles. The third kappa shape index (κ3) is 3.78. The molecular weight excluding hydrogens is 306 g/mol. The highest BCUT2D eigenvalue weighted by molar-refractivity contribution is 5.83. The van der Waals surface area contributed by atoms with Crippen molar-refractivity contribution in [1.29, 1.82) is 0 Å². The Balaban J connectivity index is 1.31. The van der Waals surface area contributed by atoms with Gasteiger partial charge in [0.25, 0.3) is 0 Å². The van der Waals surface area contributed by atoms with Crippen LogP contribution in [0.5, 0.6) is 0 Å². The van der Waals surface area contributed by atoms with Crippen LogP contribution < -0.4 is 0 Å². The summed E-state index contributed by atoms with van der Waals surface area (Å²) in [6.07, 6.45) is 3.45. The van der Waals surface area contributed by atoms with Crippen molar-refractivity contribution in [2.24, 2.45) is 0 Å². The largest absolute Gasteiger partial charge is 0.334 e. The van der Waals surface area contributed by atoms with E-state index < -0.39 is 0 Å². The lowest BCUT2D eigenvalue weighted by atomic mass is 10.1. The summed E-state index contributed by atoms with van der Waals surface area (Å²) < 4.78 is 2.41. The number of rotatable bonds is 5. The van der Waals surface area contributed by atoms with E-state index in [1.54, 1.807) is 0 Å². The molecule has 0 N–H and O–H groups in total. The fourth-order valence-corrected chi connectivity index (χ4v) is 3.85. The molecule has 1 fully saturated rings. The van der Waals surface area contributed by atoms with Crippen LogP contribution in [-0.4, -0.2) is 47.1 Å². The van der Waals surface area contributed by atoms with Crippen LogP contribution in [0.15, 0.2) is 60.8 Å². The van der Waals surface area contributed by atoms with Crippen molar-refractivity contribution in [2.45, 2.75) is 20.0 Å². The highest BCUT2D eigenvalue weighted by Crippen LogP contribution is 2.21. The number of hydrogen-bond donors (Lipinski definition) is 0. The van der Waals surface area contributed by atoms with Crippen LogP contribution in [0.25, 0.3) is 10.9 Å². The highest BCUT2D eigenvalue weighted by atomic mass is 15.3. The molecule has 0 saturated carbocycles. The van der Waals surface area contributed by atoms with E-state index in [4.69, 9.17) is 0 Å². The minimum absolute atomic E-state index is 1.00. The summed E-state index contributed by atoms with van der Waals surface area (Å²) >= 11 is 0. The summed E-state index contributed by atoms with van der Waals surface area (Å²) in [5.41, 5.74) is 4.17. The molecule has 25 heavy (non-hydrogen) atoms. The minimum Gasteiger partial charge on any atom is -0.334 e. The third-order valence-corrected chi connectivity index (χ3v) is 5.36. The summed E-state index contributed by atoms with van der Waals surface area (Å²) in [6.45, 7) is 9.03. The first-order valence-electron chi connectivity index (χ1n) is 9.33. The molecule has 130 valence electrons. The van der Waals surface area contributed by atoms with Gasteiger partial charge < -0.3 is 9.47 Å². The summed E-state index contributed by atoms with van der Waals surface area (Å²) in [5.74, 6) is 0. The molecule has 2 aromatic carbocycles. The number of para-hydroxylation sites is 1. The molecule has 1 aromatic heterocycles. The van der Waals surface area contributed by atoms with E-state index in [9.17, 15) is 0 Å². The average Bonchev–Trinajstić information content (AvgIpc) is 2.98. The van der Waals surface area contributed by atoms with E-state index in [2.05, 4.69) is 82.1 Å². The summed E-state index contributed by atoms with van der Waals surface area (Å²) in [6, 6.07) is 19.6. The molecule has 1 aliphatic rings. The van der Waals surface area contributed by atoms with Crippen LogP contribution in [0, 0.1) is 6.92 Å². The second-order valence-corrected chi connectivity index (χ2v) is 7.14. The highest BCUT2D eigenvalue weighted by Gasteiger charge is 2.17. The first kappa shape index (κ1) is 16.4. The van der Waals surface area contributed by atoms with Crippen molar-refractivity contribution < 1.29 is 0 Å². The smallest absolute Gasteiger partial charge is 0.0752 e. The van der Waals surface area contributed by atoms with Gasteiger partial charge in [0.1, 0.15) is 0 Å². The van der Waals surface area contributed by atoms with Crippen LogP contribution in [0.3, 0.4) is 0 Å². The van der Waals surface area contributed by atoms with E-state index in [-0.39, 0.29) is 0 Å². The number of fused-ring (bicyclic) bond motifs is 1. The van der Waals surface area contributed by atoms with Gasteiger partial charge in [-0.05, 0) is 30.5 Å². The van der Waals surface area contributed by atoms with Gasteiger partial charge >= 0.3 is 0 Å². The predicted octanol–water partition coefficient (Wildman–Crippen LogP) is 3.77. The molecule has 4 rings (SSSR count). The minimum atomic E-state index is 1.00. The molecular formula is C22H27N3. The van der Waals surface area contributed by atoms with Crippen molar-refractivity contribution in [3.63, 3.8) is 0 Å². The average molecular weight is 333 g/mol. The second kappa shape index (κ2) is 7.42. The molecule has 0 radical (unpaired) electrons. The molecule has 1 aliphatic heterocycles. The monoisotopic (exact) mass is 333 g/mol. The predicted molar refractivity (Wildman–Crippen MR) is 105 cm³/mol. The maximum absolute atomic E-state index is 2.60. The Morgan fingerprint density at radius 2 is 1.48 bits per heavy atom.